The van der Waals surface area contributed by atoms with Gasteiger partial charge in [-0.25, -0.2) is 9.07 Å². The van der Waals surface area contributed by atoms with Gasteiger partial charge < -0.3 is 10.0 Å². The van der Waals surface area contributed by atoms with E-state index in [-0.39, 0.29) is 25.3 Å². The molecule has 1 aromatic carbocycles. The van der Waals surface area contributed by atoms with Crippen LogP contribution in [-0.2, 0) is 0 Å². The zero-order valence-corrected chi connectivity index (χ0v) is 13.2. The number of hydrogen-bond acceptors (Lipinski definition) is 4. The molecular formula is C15H16ClFN4O2. The van der Waals surface area contributed by atoms with Gasteiger partial charge in [0.1, 0.15) is 6.17 Å². The zero-order chi connectivity index (χ0) is 16.6. The molecule has 8 heteroatoms. The highest BCUT2D eigenvalue weighted by atomic mass is 35.5. The highest BCUT2D eigenvalue weighted by Crippen LogP contribution is 2.25. The van der Waals surface area contributed by atoms with E-state index in [9.17, 15) is 14.3 Å². The summed E-state index contributed by atoms with van der Waals surface area (Å²) in [6.07, 6.45) is -0.991. The average Bonchev–Trinajstić information content (AvgIpc) is 3.10. The number of alkyl halides is 1. The molecule has 1 fully saturated rings. The topological polar surface area (TPSA) is 71.2 Å². The SMILES string of the molecule is Cc1c(C(=O)N2C[C@@H](F)C[C@H]2CO)nnn1-c1ccccc1Cl. The first-order valence-corrected chi connectivity index (χ1v) is 7.63. The van der Waals surface area contributed by atoms with Crippen molar-refractivity contribution in [3.8, 4) is 5.69 Å². The van der Waals surface area contributed by atoms with E-state index in [1.165, 1.54) is 9.58 Å². The molecule has 1 aliphatic heterocycles. The van der Waals surface area contributed by atoms with Crippen LogP contribution >= 0.6 is 11.6 Å². The number of rotatable bonds is 3. The number of para-hydroxylation sites is 1. The molecule has 1 aromatic heterocycles. The van der Waals surface area contributed by atoms with Crippen LogP contribution in [-0.4, -0.2) is 56.3 Å². The summed E-state index contributed by atoms with van der Waals surface area (Å²) in [7, 11) is 0. The molecule has 0 aliphatic carbocycles. The number of nitrogens with zero attached hydrogens (tertiary/aromatic N) is 4. The molecule has 0 radical (unpaired) electrons. The van der Waals surface area contributed by atoms with E-state index in [1.807, 2.05) is 0 Å². The molecule has 1 amide bonds. The van der Waals surface area contributed by atoms with Crippen LogP contribution in [0, 0.1) is 6.92 Å². The summed E-state index contributed by atoms with van der Waals surface area (Å²) >= 11 is 6.14. The maximum Gasteiger partial charge on any atom is 0.276 e. The minimum atomic E-state index is -1.13. The lowest BCUT2D eigenvalue weighted by Gasteiger charge is -2.21. The van der Waals surface area contributed by atoms with Gasteiger partial charge in [0.05, 0.1) is 35.6 Å². The molecule has 2 heterocycles. The fraction of sp³-hybridized carbons (Fsp3) is 0.400. The summed E-state index contributed by atoms with van der Waals surface area (Å²) in [5.41, 5.74) is 1.27. The third-order valence-corrected chi connectivity index (χ3v) is 4.33. The van der Waals surface area contributed by atoms with Gasteiger partial charge in [-0.3, -0.25) is 4.79 Å². The van der Waals surface area contributed by atoms with Crippen LogP contribution in [0.1, 0.15) is 22.6 Å². The number of carbonyl (C=O) groups excluding carboxylic acids is 1. The maximum absolute atomic E-state index is 13.5. The number of aliphatic hydroxyl groups is 1. The summed E-state index contributed by atoms with van der Waals surface area (Å²) in [6, 6.07) is 6.56. The Morgan fingerprint density at radius 1 is 1.48 bits per heavy atom. The molecule has 0 saturated carbocycles. The number of carbonyl (C=O) groups is 1. The molecule has 122 valence electrons. The lowest BCUT2D eigenvalue weighted by atomic mass is 10.2. The monoisotopic (exact) mass is 338 g/mol. The number of aliphatic hydroxyl groups excluding tert-OH is 1. The molecule has 2 aromatic rings. The Kier molecular flexibility index (Phi) is 4.32. The quantitative estimate of drug-likeness (QED) is 0.926. The van der Waals surface area contributed by atoms with Crippen LogP contribution in [0.15, 0.2) is 24.3 Å². The Labute approximate surface area is 137 Å². The molecule has 23 heavy (non-hydrogen) atoms. The summed E-state index contributed by atoms with van der Waals surface area (Å²) in [5.74, 6) is -0.431. The number of amides is 1. The molecule has 0 spiro atoms. The van der Waals surface area contributed by atoms with Gasteiger partial charge in [0.2, 0.25) is 0 Å². The number of benzene rings is 1. The van der Waals surface area contributed by atoms with Crippen molar-refractivity contribution in [2.45, 2.75) is 25.6 Å². The fourth-order valence-electron chi connectivity index (χ4n) is 2.80. The maximum atomic E-state index is 13.5. The van der Waals surface area contributed by atoms with E-state index in [2.05, 4.69) is 10.3 Å². The second kappa shape index (κ2) is 6.25. The molecule has 3 rings (SSSR count). The van der Waals surface area contributed by atoms with Crippen molar-refractivity contribution in [2.24, 2.45) is 0 Å². The van der Waals surface area contributed by atoms with Crippen LogP contribution in [0.5, 0.6) is 0 Å². The van der Waals surface area contributed by atoms with Gasteiger partial charge in [-0.1, -0.05) is 28.9 Å². The third kappa shape index (κ3) is 2.82. The molecular weight excluding hydrogens is 323 g/mol. The number of likely N-dealkylation sites (tertiary alicyclic amines) is 1. The fourth-order valence-corrected chi connectivity index (χ4v) is 3.01. The predicted octanol–water partition coefficient (Wildman–Crippen LogP) is 1.77. The highest BCUT2D eigenvalue weighted by Gasteiger charge is 2.37. The normalized spacial score (nSPS) is 21.0. The smallest absolute Gasteiger partial charge is 0.276 e. The molecule has 2 atom stereocenters. The molecule has 6 nitrogen and oxygen atoms in total. The van der Waals surface area contributed by atoms with Crippen molar-refractivity contribution < 1.29 is 14.3 Å². The van der Waals surface area contributed by atoms with E-state index in [0.29, 0.717) is 16.4 Å². The molecule has 1 aliphatic rings. The van der Waals surface area contributed by atoms with Crippen LogP contribution in [0.2, 0.25) is 5.02 Å². The predicted molar refractivity (Wildman–Crippen MR) is 82.5 cm³/mol. The van der Waals surface area contributed by atoms with Gasteiger partial charge in [-0.15, -0.1) is 5.10 Å². The average molecular weight is 339 g/mol. The number of halogens is 2. The first-order valence-electron chi connectivity index (χ1n) is 7.26. The van der Waals surface area contributed by atoms with Crippen molar-refractivity contribution >= 4 is 17.5 Å². The van der Waals surface area contributed by atoms with Crippen molar-refractivity contribution in [3.05, 3.63) is 40.7 Å². The third-order valence-electron chi connectivity index (χ3n) is 4.01. The van der Waals surface area contributed by atoms with E-state index >= 15 is 0 Å². The highest BCUT2D eigenvalue weighted by molar-refractivity contribution is 6.32. The second-order valence-corrected chi connectivity index (χ2v) is 5.92. The summed E-state index contributed by atoms with van der Waals surface area (Å²) < 4.78 is 15.0. The van der Waals surface area contributed by atoms with Gasteiger partial charge >= 0.3 is 0 Å². The van der Waals surface area contributed by atoms with E-state index in [0.717, 1.165) is 0 Å². The van der Waals surface area contributed by atoms with Crippen molar-refractivity contribution in [1.82, 2.24) is 19.9 Å². The van der Waals surface area contributed by atoms with Gasteiger partial charge in [-0.2, -0.15) is 0 Å². The minimum Gasteiger partial charge on any atom is -0.394 e. The number of hydrogen-bond donors (Lipinski definition) is 1. The van der Waals surface area contributed by atoms with Crippen molar-refractivity contribution in [3.63, 3.8) is 0 Å². The van der Waals surface area contributed by atoms with E-state index in [1.54, 1.807) is 31.2 Å². The summed E-state index contributed by atoms with van der Waals surface area (Å²) in [6.45, 7) is 1.39. The van der Waals surface area contributed by atoms with Crippen molar-refractivity contribution in [1.29, 1.82) is 0 Å². The van der Waals surface area contributed by atoms with E-state index < -0.39 is 18.1 Å². The molecule has 1 N–H and O–H groups in total. The second-order valence-electron chi connectivity index (χ2n) is 5.51. The van der Waals surface area contributed by atoms with Gasteiger partial charge in [-0.05, 0) is 19.1 Å². The first kappa shape index (κ1) is 15.9. The Hall–Kier alpha value is -1.99. The van der Waals surface area contributed by atoms with Crippen molar-refractivity contribution in [2.75, 3.05) is 13.2 Å². The zero-order valence-electron chi connectivity index (χ0n) is 12.5. The molecule has 1 saturated heterocycles. The van der Waals surface area contributed by atoms with Crippen LogP contribution in [0.25, 0.3) is 5.69 Å². The Morgan fingerprint density at radius 2 is 2.22 bits per heavy atom. The lowest BCUT2D eigenvalue weighted by molar-refractivity contribution is 0.0666. The van der Waals surface area contributed by atoms with Crippen LogP contribution < -0.4 is 0 Å². The Morgan fingerprint density at radius 3 is 2.91 bits per heavy atom. The Bertz CT molecular complexity index is 736. The molecule has 0 unspecified atom stereocenters. The van der Waals surface area contributed by atoms with Crippen LogP contribution in [0.4, 0.5) is 4.39 Å². The van der Waals surface area contributed by atoms with Gasteiger partial charge in [0.15, 0.2) is 5.69 Å². The standard InChI is InChI=1S/C15H16ClFN4O2/c1-9-14(15(23)20-7-10(17)6-11(20)8-22)18-19-21(9)13-5-3-2-4-12(13)16/h2-5,10-11,22H,6-8H2,1H3/t10-,11-/m0/s1. The van der Waals surface area contributed by atoms with Gasteiger partial charge in [0.25, 0.3) is 5.91 Å². The molecule has 0 bridgehead atoms. The Balaban J connectivity index is 1.93. The minimum absolute atomic E-state index is 0.0392. The largest absolute Gasteiger partial charge is 0.394 e. The van der Waals surface area contributed by atoms with Gasteiger partial charge in [0, 0.05) is 6.42 Å². The lowest BCUT2D eigenvalue weighted by Crippen LogP contribution is -2.38. The first-order chi connectivity index (χ1) is 11.0. The summed E-state index contributed by atoms with van der Waals surface area (Å²) in [5, 5.41) is 17.7. The summed E-state index contributed by atoms with van der Waals surface area (Å²) in [4.78, 5) is 13.9. The van der Waals surface area contributed by atoms with E-state index in [4.69, 9.17) is 11.6 Å². The van der Waals surface area contributed by atoms with Crippen LogP contribution in [0.3, 0.4) is 0 Å². The number of aromatic nitrogens is 3.